The summed E-state index contributed by atoms with van der Waals surface area (Å²) in [5, 5.41) is 10.9. The van der Waals surface area contributed by atoms with Gasteiger partial charge in [0, 0.05) is 6.54 Å². The molecule has 1 heterocycles. The molecule has 0 atom stereocenters. The van der Waals surface area contributed by atoms with Crippen molar-refractivity contribution in [2.24, 2.45) is 0 Å². The Hall–Kier alpha value is -3.00. The van der Waals surface area contributed by atoms with Crippen molar-refractivity contribution in [2.75, 3.05) is 10.0 Å². The van der Waals surface area contributed by atoms with Crippen molar-refractivity contribution >= 4 is 21.7 Å². The summed E-state index contributed by atoms with van der Waals surface area (Å²) in [5.74, 6) is 0.0967. The molecule has 0 aliphatic carbocycles. The van der Waals surface area contributed by atoms with Crippen molar-refractivity contribution in [3.05, 3.63) is 77.6 Å². The van der Waals surface area contributed by atoms with Crippen molar-refractivity contribution < 1.29 is 12.8 Å². The van der Waals surface area contributed by atoms with E-state index < -0.39 is 15.8 Å². The van der Waals surface area contributed by atoms with Gasteiger partial charge in [0.2, 0.25) is 0 Å². The Bertz CT molecular complexity index is 990. The average Bonchev–Trinajstić information content (AvgIpc) is 2.61. The molecular weight excluding hydrogens is 355 g/mol. The van der Waals surface area contributed by atoms with Crippen molar-refractivity contribution in [3.8, 4) is 0 Å². The minimum atomic E-state index is -3.84. The molecule has 0 saturated carbocycles. The highest BCUT2D eigenvalue weighted by Crippen LogP contribution is 2.15. The summed E-state index contributed by atoms with van der Waals surface area (Å²) in [6.45, 7) is 2.60. The molecule has 26 heavy (non-hydrogen) atoms. The summed E-state index contributed by atoms with van der Waals surface area (Å²) < 4.78 is 39.7. The molecule has 3 aromatic rings. The van der Waals surface area contributed by atoms with Crippen molar-refractivity contribution in [2.45, 2.75) is 18.4 Å². The van der Waals surface area contributed by atoms with E-state index in [0.29, 0.717) is 12.4 Å². The number of anilines is 2. The van der Waals surface area contributed by atoms with E-state index in [2.05, 4.69) is 26.3 Å². The van der Waals surface area contributed by atoms with Gasteiger partial charge in [-0.1, -0.05) is 29.8 Å². The Labute approximate surface area is 151 Å². The van der Waals surface area contributed by atoms with E-state index in [1.165, 1.54) is 23.8 Å². The first kappa shape index (κ1) is 17.8. The minimum absolute atomic E-state index is 0.0534. The summed E-state index contributed by atoms with van der Waals surface area (Å²) in [4.78, 5) is -0.0534. The highest BCUT2D eigenvalue weighted by Gasteiger charge is 2.15. The zero-order valence-corrected chi connectivity index (χ0v) is 14.8. The SMILES string of the molecule is Cc1cccc(CNc2ccc(NS(=O)(=O)c3ccc(F)cc3)nn2)c1. The fraction of sp³-hybridized carbons (Fsp3) is 0.111. The molecule has 0 fully saturated rings. The van der Waals surface area contributed by atoms with Gasteiger partial charge in [0.25, 0.3) is 10.0 Å². The van der Waals surface area contributed by atoms with Gasteiger partial charge in [-0.15, -0.1) is 10.2 Å². The molecule has 0 radical (unpaired) electrons. The summed E-state index contributed by atoms with van der Waals surface area (Å²) in [6.07, 6.45) is 0. The number of rotatable bonds is 6. The van der Waals surface area contributed by atoms with Crippen LogP contribution in [0.1, 0.15) is 11.1 Å². The predicted molar refractivity (Wildman–Crippen MR) is 97.7 cm³/mol. The highest BCUT2D eigenvalue weighted by molar-refractivity contribution is 7.92. The third-order valence-corrected chi connectivity index (χ3v) is 4.95. The molecule has 1 aromatic heterocycles. The van der Waals surface area contributed by atoms with Crippen LogP contribution in [-0.2, 0) is 16.6 Å². The smallest absolute Gasteiger partial charge is 0.263 e. The van der Waals surface area contributed by atoms with E-state index in [0.717, 1.165) is 17.7 Å². The number of nitrogens with one attached hydrogen (secondary N) is 2. The lowest BCUT2D eigenvalue weighted by atomic mass is 10.1. The van der Waals surface area contributed by atoms with Crippen LogP contribution in [0.25, 0.3) is 0 Å². The van der Waals surface area contributed by atoms with E-state index in [1.807, 2.05) is 25.1 Å². The van der Waals surface area contributed by atoms with Crippen LogP contribution < -0.4 is 10.0 Å². The Balaban J connectivity index is 1.64. The van der Waals surface area contributed by atoms with E-state index in [9.17, 15) is 12.8 Å². The maximum atomic E-state index is 12.9. The third kappa shape index (κ3) is 4.54. The number of aryl methyl sites for hydroxylation is 1. The molecule has 0 amide bonds. The minimum Gasteiger partial charge on any atom is -0.365 e. The molecule has 0 unspecified atom stereocenters. The summed E-state index contributed by atoms with van der Waals surface area (Å²) in [7, 11) is -3.84. The Morgan fingerprint density at radius 1 is 0.962 bits per heavy atom. The monoisotopic (exact) mass is 372 g/mol. The summed E-state index contributed by atoms with van der Waals surface area (Å²) in [6, 6.07) is 15.7. The highest BCUT2D eigenvalue weighted by atomic mass is 32.2. The number of hydrogen-bond donors (Lipinski definition) is 2. The number of halogens is 1. The molecule has 8 heteroatoms. The lowest BCUT2D eigenvalue weighted by Gasteiger charge is -2.08. The van der Waals surface area contributed by atoms with Gasteiger partial charge >= 0.3 is 0 Å². The van der Waals surface area contributed by atoms with Gasteiger partial charge in [0.1, 0.15) is 11.6 Å². The number of aromatic nitrogens is 2. The first-order chi connectivity index (χ1) is 12.4. The first-order valence-corrected chi connectivity index (χ1v) is 9.32. The molecular formula is C18H17FN4O2S. The van der Waals surface area contributed by atoms with Crippen molar-refractivity contribution in [3.63, 3.8) is 0 Å². The second-order valence-corrected chi connectivity index (χ2v) is 7.39. The predicted octanol–water partition coefficient (Wildman–Crippen LogP) is 3.34. The van der Waals surface area contributed by atoms with Crippen molar-refractivity contribution in [1.29, 1.82) is 0 Å². The molecule has 0 saturated heterocycles. The van der Waals surface area contributed by atoms with E-state index in [4.69, 9.17) is 0 Å². The first-order valence-electron chi connectivity index (χ1n) is 7.84. The second-order valence-electron chi connectivity index (χ2n) is 5.71. The summed E-state index contributed by atoms with van der Waals surface area (Å²) >= 11 is 0. The third-order valence-electron chi connectivity index (χ3n) is 3.58. The zero-order valence-electron chi connectivity index (χ0n) is 14.0. The molecule has 3 rings (SSSR count). The fourth-order valence-corrected chi connectivity index (χ4v) is 3.30. The number of nitrogens with zero attached hydrogens (tertiary/aromatic N) is 2. The van der Waals surface area contributed by atoms with E-state index in [-0.39, 0.29) is 10.7 Å². The largest absolute Gasteiger partial charge is 0.365 e. The van der Waals surface area contributed by atoms with E-state index >= 15 is 0 Å². The molecule has 0 bridgehead atoms. The van der Waals surface area contributed by atoms with E-state index in [1.54, 1.807) is 6.07 Å². The quantitative estimate of drug-likeness (QED) is 0.693. The van der Waals surface area contributed by atoms with Gasteiger partial charge < -0.3 is 5.32 Å². The molecule has 134 valence electrons. The topological polar surface area (TPSA) is 84.0 Å². The average molecular weight is 372 g/mol. The molecule has 0 aliphatic heterocycles. The molecule has 2 N–H and O–H groups in total. The number of sulfonamides is 1. The zero-order chi connectivity index (χ0) is 18.6. The van der Waals surface area contributed by atoms with Crippen LogP contribution in [0.4, 0.5) is 16.0 Å². The normalized spacial score (nSPS) is 11.2. The van der Waals surface area contributed by atoms with Gasteiger partial charge in [-0.25, -0.2) is 12.8 Å². The Kier molecular flexibility index (Phi) is 5.13. The van der Waals surface area contributed by atoms with Crippen molar-refractivity contribution in [1.82, 2.24) is 10.2 Å². The maximum Gasteiger partial charge on any atom is 0.263 e. The lowest BCUT2D eigenvalue weighted by Crippen LogP contribution is -2.14. The molecule has 2 aromatic carbocycles. The fourth-order valence-electron chi connectivity index (χ4n) is 2.31. The van der Waals surface area contributed by atoms with Crippen LogP contribution in [0.2, 0.25) is 0 Å². The van der Waals surface area contributed by atoms with Gasteiger partial charge in [0.15, 0.2) is 5.82 Å². The Morgan fingerprint density at radius 3 is 2.31 bits per heavy atom. The number of benzene rings is 2. The molecule has 6 nitrogen and oxygen atoms in total. The lowest BCUT2D eigenvalue weighted by molar-refractivity contribution is 0.599. The van der Waals surface area contributed by atoms with Crippen LogP contribution in [-0.4, -0.2) is 18.6 Å². The van der Waals surface area contributed by atoms with Crippen LogP contribution >= 0.6 is 0 Å². The van der Waals surface area contributed by atoms with Crippen LogP contribution in [0.15, 0.2) is 65.6 Å². The Morgan fingerprint density at radius 2 is 1.65 bits per heavy atom. The van der Waals surface area contributed by atoms with Gasteiger partial charge in [-0.05, 0) is 48.9 Å². The number of hydrogen-bond acceptors (Lipinski definition) is 5. The summed E-state index contributed by atoms with van der Waals surface area (Å²) in [5.41, 5.74) is 2.27. The van der Waals surface area contributed by atoms with Gasteiger partial charge in [0.05, 0.1) is 4.90 Å². The molecule has 0 spiro atoms. The van der Waals surface area contributed by atoms with Gasteiger partial charge in [-0.3, -0.25) is 4.72 Å². The maximum absolute atomic E-state index is 12.9. The molecule has 0 aliphatic rings. The van der Waals surface area contributed by atoms with Crippen LogP contribution in [0, 0.1) is 12.7 Å². The second kappa shape index (κ2) is 7.49. The van der Waals surface area contributed by atoms with Gasteiger partial charge in [-0.2, -0.15) is 0 Å². The standard InChI is InChI=1S/C18H17FN4O2S/c1-13-3-2-4-14(11-13)12-20-17-9-10-18(22-21-17)23-26(24,25)16-7-5-15(19)6-8-16/h2-11H,12H2,1H3,(H,20,21)(H,22,23). The van der Waals surface area contributed by atoms with Crippen LogP contribution in [0.5, 0.6) is 0 Å². The van der Waals surface area contributed by atoms with Crippen LogP contribution in [0.3, 0.4) is 0 Å².